The second-order valence-corrected chi connectivity index (χ2v) is 5.47. The molecule has 0 radical (unpaired) electrons. The molecule has 0 atom stereocenters. The standard InChI is InChI=1S/C12H21N3OS/c1-4-5-7-15(3)8-6-11(16)14-12-13-9-10(2)17-12/h9H,4-8H2,1-3H3,(H,13,14,16). The van der Waals surface area contributed by atoms with Gasteiger partial charge in [-0.1, -0.05) is 13.3 Å². The first-order valence-electron chi connectivity index (χ1n) is 6.02. The van der Waals surface area contributed by atoms with Gasteiger partial charge in [0.2, 0.25) is 5.91 Å². The van der Waals surface area contributed by atoms with E-state index in [9.17, 15) is 4.79 Å². The fraction of sp³-hybridized carbons (Fsp3) is 0.667. The number of rotatable bonds is 7. The van der Waals surface area contributed by atoms with E-state index >= 15 is 0 Å². The number of aryl methyl sites for hydroxylation is 1. The third kappa shape index (κ3) is 5.79. The molecule has 17 heavy (non-hydrogen) atoms. The number of amides is 1. The number of hydrogen-bond donors (Lipinski definition) is 1. The molecule has 1 rings (SSSR count). The maximum atomic E-state index is 11.6. The van der Waals surface area contributed by atoms with Gasteiger partial charge in [0.15, 0.2) is 5.13 Å². The number of nitrogens with zero attached hydrogens (tertiary/aromatic N) is 2. The zero-order valence-corrected chi connectivity index (χ0v) is 11.6. The molecule has 96 valence electrons. The van der Waals surface area contributed by atoms with Crippen molar-refractivity contribution in [1.82, 2.24) is 9.88 Å². The molecule has 0 saturated heterocycles. The van der Waals surface area contributed by atoms with Crippen LogP contribution in [0.5, 0.6) is 0 Å². The zero-order valence-electron chi connectivity index (χ0n) is 10.8. The second kappa shape index (κ2) is 7.40. The summed E-state index contributed by atoms with van der Waals surface area (Å²) in [6.45, 7) is 6.01. The second-order valence-electron chi connectivity index (χ2n) is 4.23. The number of hydrogen-bond acceptors (Lipinski definition) is 4. The van der Waals surface area contributed by atoms with Gasteiger partial charge in [0.05, 0.1) is 0 Å². The zero-order chi connectivity index (χ0) is 12.7. The highest BCUT2D eigenvalue weighted by molar-refractivity contribution is 7.15. The maximum absolute atomic E-state index is 11.6. The average Bonchev–Trinajstić information content (AvgIpc) is 2.69. The SMILES string of the molecule is CCCCN(C)CCC(=O)Nc1ncc(C)s1. The van der Waals surface area contributed by atoms with Crippen molar-refractivity contribution in [3.05, 3.63) is 11.1 Å². The van der Waals surface area contributed by atoms with Crippen LogP contribution in [0.25, 0.3) is 0 Å². The van der Waals surface area contributed by atoms with Gasteiger partial charge < -0.3 is 10.2 Å². The lowest BCUT2D eigenvalue weighted by Gasteiger charge is -2.15. The summed E-state index contributed by atoms with van der Waals surface area (Å²) in [5, 5.41) is 3.51. The van der Waals surface area contributed by atoms with Crippen molar-refractivity contribution in [2.45, 2.75) is 33.1 Å². The number of unbranched alkanes of at least 4 members (excludes halogenated alkanes) is 1. The lowest BCUT2D eigenvalue weighted by atomic mass is 10.3. The number of nitrogens with one attached hydrogen (secondary N) is 1. The predicted molar refractivity (Wildman–Crippen MR) is 72.5 cm³/mol. The van der Waals surface area contributed by atoms with Gasteiger partial charge in [0.25, 0.3) is 0 Å². The molecule has 0 aliphatic carbocycles. The molecule has 1 aromatic rings. The predicted octanol–water partition coefficient (Wildman–Crippen LogP) is 2.51. The first kappa shape index (κ1) is 14.1. The van der Waals surface area contributed by atoms with Gasteiger partial charge in [-0.15, -0.1) is 11.3 Å². The van der Waals surface area contributed by atoms with Crippen LogP contribution in [-0.2, 0) is 4.79 Å². The van der Waals surface area contributed by atoms with Gasteiger partial charge in [-0.2, -0.15) is 0 Å². The fourth-order valence-corrected chi connectivity index (χ4v) is 2.11. The quantitative estimate of drug-likeness (QED) is 0.814. The Morgan fingerprint density at radius 3 is 2.88 bits per heavy atom. The third-order valence-corrected chi connectivity index (χ3v) is 3.31. The molecule has 4 nitrogen and oxygen atoms in total. The lowest BCUT2D eigenvalue weighted by Crippen LogP contribution is -2.25. The lowest BCUT2D eigenvalue weighted by molar-refractivity contribution is -0.116. The van der Waals surface area contributed by atoms with Crippen molar-refractivity contribution in [3.8, 4) is 0 Å². The summed E-state index contributed by atoms with van der Waals surface area (Å²) in [5.41, 5.74) is 0. The van der Waals surface area contributed by atoms with Crippen molar-refractivity contribution in [2.75, 3.05) is 25.5 Å². The Hall–Kier alpha value is -0.940. The molecule has 0 aliphatic rings. The summed E-state index contributed by atoms with van der Waals surface area (Å²) < 4.78 is 0. The first-order valence-corrected chi connectivity index (χ1v) is 6.84. The highest BCUT2D eigenvalue weighted by Gasteiger charge is 2.06. The Morgan fingerprint density at radius 2 is 2.29 bits per heavy atom. The summed E-state index contributed by atoms with van der Waals surface area (Å²) in [5.74, 6) is 0.0442. The molecule has 0 aromatic carbocycles. The molecule has 1 N–H and O–H groups in total. The van der Waals surface area contributed by atoms with Gasteiger partial charge >= 0.3 is 0 Å². The molecule has 0 unspecified atom stereocenters. The van der Waals surface area contributed by atoms with Crippen LogP contribution in [0.4, 0.5) is 5.13 Å². The van der Waals surface area contributed by atoms with Crippen LogP contribution in [-0.4, -0.2) is 35.9 Å². The summed E-state index contributed by atoms with van der Waals surface area (Å²) >= 11 is 1.51. The summed E-state index contributed by atoms with van der Waals surface area (Å²) in [6, 6.07) is 0. The minimum atomic E-state index is 0.0442. The molecule has 5 heteroatoms. The number of anilines is 1. The Morgan fingerprint density at radius 1 is 1.53 bits per heavy atom. The van der Waals surface area contributed by atoms with Gasteiger partial charge in [0.1, 0.15) is 0 Å². The van der Waals surface area contributed by atoms with E-state index in [1.807, 2.05) is 6.92 Å². The van der Waals surface area contributed by atoms with Crippen LogP contribution < -0.4 is 5.32 Å². The van der Waals surface area contributed by atoms with Crippen LogP contribution >= 0.6 is 11.3 Å². The average molecular weight is 255 g/mol. The van der Waals surface area contributed by atoms with Crippen molar-refractivity contribution in [1.29, 1.82) is 0 Å². The number of carbonyl (C=O) groups excluding carboxylic acids is 1. The molecule has 0 fully saturated rings. The van der Waals surface area contributed by atoms with E-state index in [1.54, 1.807) is 6.20 Å². The first-order chi connectivity index (χ1) is 8.11. The molecular weight excluding hydrogens is 234 g/mol. The van der Waals surface area contributed by atoms with Gasteiger partial charge in [0, 0.05) is 24.0 Å². The monoisotopic (exact) mass is 255 g/mol. The van der Waals surface area contributed by atoms with Crippen molar-refractivity contribution < 1.29 is 4.79 Å². The third-order valence-electron chi connectivity index (χ3n) is 2.48. The highest BCUT2D eigenvalue weighted by atomic mass is 32.1. The van der Waals surface area contributed by atoms with Crippen molar-refractivity contribution >= 4 is 22.4 Å². The minimum Gasteiger partial charge on any atom is -0.306 e. The summed E-state index contributed by atoms with van der Waals surface area (Å²) in [4.78, 5) is 19.0. The molecule has 0 bridgehead atoms. The Labute approximate surface area is 107 Å². The van der Waals surface area contributed by atoms with E-state index in [1.165, 1.54) is 24.2 Å². The normalized spacial score (nSPS) is 10.8. The molecule has 0 spiro atoms. The molecule has 1 amide bonds. The largest absolute Gasteiger partial charge is 0.306 e. The number of carbonyl (C=O) groups is 1. The van der Waals surface area contributed by atoms with Crippen LogP contribution in [0.1, 0.15) is 31.1 Å². The molecule has 0 aliphatic heterocycles. The van der Waals surface area contributed by atoms with E-state index in [2.05, 4.69) is 29.2 Å². The van der Waals surface area contributed by atoms with Gasteiger partial charge in [-0.25, -0.2) is 4.98 Å². The van der Waals surface area contributed by atoms with Crippen LogP contribution in [0, 0.1) is 6.92 Å². The smallest absolute Gasteiger partial charge is 0.227 e. The van der Waals surface area contributed by atoms with E-state index in [4.69, 9.17) is 0 Å². The van der Waals surface area contributed by atoms with E-state index in [-0.39, 0.29) is 5.91 Å². The Kier molecular flexibility index (Phi) is 6.15. The van der Waals surface area contributed by atoms with Crippen LogP contribution in [0.15, 0.2) is 6.20 Å². The maximum Gasteiger partial charge on any atom is 0.227 e. The van der Waals surface area contributed by atoms with E-state index in [0.29, 0.717) is 11.6 Å². The van der Waals surface area contributed by atoms with Gasteiger partial charge in [-0.3, -0.25) is 4.79 Å². The van der Waals surface area contributed by atoms with Crippen molar-refractivity contribution in [2.24, 2.45) is 0 Å². The topological polar surface area (TPSA) is 45.2 Å². The summed E-state index contributed by atoms with van der Waals surface area (Å²) in [7, 11) is 2.05. The van der Waals surface area contributed by atoms with E-state index < -0.39 is 0 Å². The molecular formula is C12H21N3OS. The highest BCUT2D eigenvalue weighted by Crippen LogP contribution is 2.16. The Balaban J connectivity index is 2.21. The number of aromatic nitrogens is 1. The van der Waals surface area contributed by atoms with Crippen LogP contribution in [0.3, 0.4) is 0 Å². The minimum absolute atomic E-state index is 0.0442. The Bertz CT molecular complexity index is 351. The molecule has 1 aromatic heterocycles. The number of thiazole rings is 1. The van der Waals surface area contributed by atoms with Crippen LogP contribution in [0.2, 0.25) is 0 Å². The van der Waals surface area contributed by atoms with Crippen molar-refractivity contribution in [3.63, 3.8) is 0 Å². The van der Waals surface area contributed by atoms with Gasteiger partial charge in [-0.05, 0) is 26.9 Å². The summed E-state index contributed by atoms with van der Waals surface area (Å²) in [6.07, 6.45) is 4.67. The molecule has 1 heterocycles. The fourth-order valence-electron chi connectivity index (χ4n) is 1.43. The molecule has 0 saturated carbocycles. The van der Waals surface area contributed by atoms with E-state index in [0.717, 1.165) is 18.0 Å².